The zero-order valence-corrected chi connectivity index (χ0v) is 11.0. The van der Waals surface area contributed by atoms with Gasteiger partial charge in [0.1, 0.15) is 17.4 Å². The predicted molar refractivity (Wildman–Crippen MR) is 68.2 cm³/mol. The Morgan fingerprint density at radius 3 is 2.30 bits per heavy atom. The maximum absolute atomic E-state index is 13.5. The summed E-state index contributed by atoms with van der Waals surface area (Å²) in [6, 6.07) is 5.37. The van der Waals surface area contributed by atoms with Crippen LogP contribution in [-0.2, 0) is 0 Å². The summed E-state index contributed by atoms with van der Waals surface area (Å²) < 4.78 is 45.2. The number of rotatable bonds is 3. The Hall–Kier alpha value is -2.01. The van der Waals surface area contributed by atoms with Crippen molar-refractivity contribution in [3.63, 3.8) is 0 Å². The molecule has 20 heavy (non-hydrogen) atoms. The lowest BCUT2D eigenvalue weighted by Crippen LogP contribution is -2.00. The van der Waals surface area contributed by atoms with Gasteiger partial charge in [0.05, 0.1) is 6.10 Å². The Labute approximate surface area is 114 Å². The van der Waals surface area contributed by atoms with Gasteiger partial charge in [-0.1, -0.05) is 0 Å². The van der Waals surface area contributed by atoms with E-state index in [1.807, 2.05) is 0 Å². The minimum atomic E-state index is -0.983. The molecule has 1 atom stereocenters. The van der Waals surface area contributed by atoms with Gasteiger partial charge in [-0.25, -0.2) is 13.2 Å². The van der Waals surface area contributed by atoms with E-state index in [2.05, 4.69) is 0 Å². The number of aliphatic hydroxyl groups is 1. The number of aliphatic hydroxyl groups excluding tert-OH is 1. The van der Waals surface area contributed by atoms with Crippen LogP contribution in [0.5, 0.6) is 11.5 Å². The highest BCUT2D eigenvalue weighted by Gasteiger charge is 2.15. The van der Waals surface area contributed by atoms with E-state index in [0.717, 1.165) is 18.2 Å². The molecule has 106 valence electrons. The van der Waals surface area contributed by atoms with Crippen LogP contribution < -0.4 is 4.74 Å². The van der Waals surface area contributed by atoms with Crippen LogP contribution in [0, 0.1) is 24.4 Å². The van der Waals surface area contributed by atoms with Gasteiger partial charge in [0, 0.05) is 11.6 Å². The van der Waals surface area contributed by atoms with E-state index in [1.54, 1.807) is 0 Å². The number of halogens is 3. The fourth-order valence-corrected chi connectivity index (χ4v) is 1.76. The standard InChI is InChI=1S/C15H13F3O2/c1-8-5-15(11(9(2)19)7-12(8)17)20-14-4-3-10(16)6-13(14)18/h3-7,9,19H,1-2H3/t9-/m1/s1. The molecule has 0 amide bonds. The van der Waals surface area contributed by atoms with Crippen LogP contribution in [0.15, 0.2) is 30.3 Å². The molecule has 0 aliphatic heterocycles. The molecule has 2 aromatic rings. The van der Waals surface area contributed by atoms with E-state index < -0.39 is 23.6 Å². The first-order chi connectivity index (χ1) is 9.38. The molecule has 2 aromatic carbocycles. The molecule has 0 radical (unpaired) electrons. The molecule has 0 unspecified atom stereocenters. The number of hydrogen-bond donors (Lipinski definition) is 1. The lowest BCUT2D eigenvalue weighted by atomic mass is 10.1. The van der Waals surface area contributed by atoms with Crippen molar-refractivity contribution in [2.45, 2.75) is 20.0 Å². The Morgan fingerprint density at radius 2 is 1.70 bits per heavy atom. The van der Waals surface area contributed by atoms with E-state index in [0.29, 0.717) is 11.6 Å². The van der Waals surface area contributed by atoms with Gasteiger partial charge in [0.2, 0.25) is 0 Å². The van der Waals surface area contributed by atoms with Gasteiger partial charge < -0.3 is 9.84 Å². The molecule has 5 heteroatoms. The zero-order valence-electron chi connectivity index (χ0n) is 11.0. The summed E-state index contributed by atoms with van der Waals surface area (Å²) in [7, 11) is 0. The molecular weight excluding hydrogens is 269 g/mol. The quantitative estimate of drug-likeness (QED) is 0.911. The van der Waals surface area contributed by atoms with Gasteiger partial charge in [-0.3, -0.25) is 0 Å². The SMILES string of the molecule is Cc1cc(Oc2ccc(F)cc2F)c([C@@H](C)O)cc1F. The van der Waals surface area contributed by atoms with Crippen molar-refractivity contribution in [2.24, 2.45) is 0 Å². The Kier molecular flexibility index (Phi) is 3.99. The van der Waals surface area contributed by atoms with E-state index >= 15 is 0 Å². The van der Waals surface area contributed by atoms with Crippen molar-refractivity contribution in [1.82, 2.24) is 0 Å². The molecule has 1 N–H and O–H groups in total. The molecule has 0 aromatic heterocycles. The summed E-state index contributed by atoms with van der Waals surface area (Å²) in [5.41, 5.74) is 0.490. The molecule has 0 aliphatic carbocycles. The molecule has 0 fully saturated rings. The average molecular weight is 282 g/mol. The van der Waals surface area contributed by atoms with Crippen molar-refractivity contribution < 1.29 is 23.0 Å². The van der Waals surface area contributed by atoms with Crippen LogP contribution in [-0.4, -0.2) is 5.11 Å². The second kappa shape index (κ2) is 5.54. The Morgan fingerprint density at radius 1 is 1.00 bits per heavy atom. The molecule has 0 aliphatic rings. The Bertz CT molecular complexity index is 639. The number of hydrogen-bond acceptors (Lipinski definition) is 2. The Balaban J connectivity index is 2.44. The van der Waals surface area contributed by atoms with Crippen LogP contribution in [0.1, 0.15) is 24.2 Å². The van der Waals surface area contributed by atoms with Gasteiger partial charge in [-0.2, -0.15) is 0 Å². The first-order valence-corrected chi connectivity index (χ1v) is 5.99. The van der Waals surface area contributed by atoms with E-state index in [9.17, 15) is 18.3 Å². The fraction of sp³-hybridized carbons (Fsp3) is 0.200. The predicted octanol–water partition coefficient (Wildman–Crippen LogP) is 4.26. The maximum Gasteiger partial charge on any atom is 0.168 e. The van der Waals surface area contributed by atoms with Crippen molar-refractivity contribution in [3.05, 3.63) is 58.9 Å². The second-order valence-electron chi connectivity index (χ2n) is 4.49. The number of ether oxygens (including phenoxy) is 1. The third-order valence-electron chi connectivity index (χ3n) is 2.85. The van der Waals surface area contributed by atoms with Crippen LogP contribution in [0.3, 0.4) is 0 Å². The summed E-state index contributed by atoms with van der Waals surface area (Å²) >= 11 is 0. The molecule has 0 saturated heterocycles. The van der Waals surface area contributed by atoms with Crippen molar-refractivity contribution >= 4 is 0 Å². The van der Waals surface area contributed by atoms with Gasteiger partial charge in [-0.15, -0.1) is 0 Å². The maximum atomic E-state index is 13.5. The van der Waals surface area contributed by atoms with Crippen LogP contribution >= 0.6 is 0 Å². The van der Waals surface area contributed by atoms with Crippen LogP contribution in [0.4, 0.5) is 13.2 Å². The third-order valence-corrected chi connectivity index (χ3v) is 2.85. The van der Waals surface area contributed by atoms with Gasteiger partial charge in [0.25, 0.3) is 0 Å². The number of benzene rings is 2. The first-order valence-electron chi connectivity index (χ1n) is 5.99. The van der Waals surface area contributed by atoms with Gasteiger partial charge >= 0.3 is 0 Å². The van der Waals surface area contributed by atoms with E-state index in [1.165, 1.54) is 19.9 Å². The summed E-state index contributed by atoms with van der Waals surface area (Å²) in [4.78, 5) is 0. The fourth-order valence-electron chi connectivity index (χ4n) is 1.76. The van der Waals surface area contributed by atoms with E-state index in [-0.39, 0.29) is 17.1 Å². The topological polar surface area (TPSA) is 29.5 Å². The van der Waals surface area contributed by atoms with Crippen LogP contribution in [0.25, 0.3) is 0 Å². The van der Waals surface area contributed by atoms with Gasteiger partial charge in [0.15, 0.2) is 11.6 Å². The molecule has 0 heterocycles. The zero-order chi connectivity index (χ0) is 14.9. The highest BCUT2D eigenvalue weighted by Crippen LogP contribution is 2.33. The minimum absolute atomic E-state index is 0.129. The third kappa shape index (κ3) is 2.93. The lowest BCUT2D eigenvalue weighted by Gasteiger charge is -2.15. The van der Waals surface area contributed by atoms with Gasteiger partial charge in [-0.05, 0) is 43.7 Å². The highest BCUT2D eigenvalue weighted by molar-refractivity contribution is 5.42. The van der Waals surface area contributed by atoms with Crippen molar-refractivity contribution in [2.75, 3.05) is 0 Å². The molecule has 0 saturated carbocycles. The van der Waals surface area contributed by atoms with E-state index in [4.69, 9.17) is 4.74 Å². The van der Waals surface area contributed by atoms with Crippen molar-refractivity contribution in [1.29, 1.82) is 0 Å². The molecule has 2 nitrogen and oxygen atoms in total. The summed E-state index contributed by atoms with van der Waals surface area (Å²) in [6.45, 7) is 2.97. The smallest absolute Gasteiger partial charge is 0.168 e. The normalized spacial score (nSPS) is 12.3. The van der Waals surface area contributed by atoms with Crippen LogP contribution in [0.2, 0.25) is 0 Å². The largest absolute Gasteiger partial charge is 0.454 e. The summed E-state index contributed by atoms with van der Waals surface area (Å²) in [5, 5.41) is 9.61. The summed E-state index contributed by atoms with van der Waals surface area (Å²) in [5.74, 6) is -2.15. The molecule has 0 spiro atoms. The van der Waals surface area contributed by atoms with Crippen molar-refractivity contribution in [3.8, 4) is 11.5 Å². The second-order valence-corrected chi connectivity index (χ2v) is 4.49. The first kappa shape index (κ1) is 14.4. The monoisotopic (exact) mass is 282 g/mol. The molecule has 2 rings (SSSR count). The summed E-state index contributed by atoms with van der Waals surface area (Å²) in [6.07, 6.45) is -0.983. The molecular formula is C15H13F3O2. The highest BCUT2D eigenvalue weighted by atomic mass is 19.1. The minimum Gasteiger partial charge on any atom is -0.454 e. The molecule has 0 bridgehead atoms. The lowest BCUT2D eigenvalue weighted by molar-refractivity contribution is 0.195. The number of aryl methyl sites for hydroxylation is 1. The average Bonchev–Trinajstić information content (AvgIpc) is 2.36.